The molecule has 0 aromatic heterocycles. The van der Waals surface area contributed by atoms with E-state index in [1.165, 1.54) is 17.5 Å². The summed E-state index contributed by atoms with van der Waals surface area (Å²) in [7, 11) is 5.62. The molecule has 4 aliphatic rings. The number of amides is 2. The normalized spacial score (nSPS) is 24.7. The van der Waals surface area contributed by atoms with Crippen LogP contribution in [0.1, 0.15) is 87.9 Å². The van der Waals surface area contributed by atoms with Crippen molar-refractivity contribution in [2.45, 2.75) is 110 Å². The lowest BCUT2D eigenvalue weighted by Crippen LogP contribution is -2.62. The van der Waals surface area contributed by atoms with E-state index < -0.39 is 12.1 Å². The van der Waals surface area contributed by atoms with Crippen LogP contribution in [-0.2, 0) is 29.0 Å². The molecule has 344 valence electrons. The van der Waals surface area contributed by atoms with E-state index in [2.05, 4.69) is 100.0 Å². The second-order valence-electron chi connectivity index (χ2n) is 20.1. The van der Waals surface area contributed by atoms with Gasteiger partial charge in [-0.05, 0) is 110 Å². The molecule has 0 radical (unpaired) electrons. The van der Waals surface area contributed by atoms with E-state index in [9.17, 15) is 14.7 Å². The Balaban J connectivity index is 1.17. The first-order chi connectivity index (χ1) is 30.7. The molecule has 8 rings (SSSR count). The topological polar surface area (TPSA) is 115 Å². The molecule has 0 spiro atoms. The zero-order chi connectivity index (χ0) is 45.7. The summed E-state index contributed by atoms with van der Waals surface area (Å²) in [5.41, 5.74) is 6.66. The Labute approximate surface area is 382 Å². The summed E-state index contributed by atoms with van der Waals surface area (Å²) in [4.78, 5) is 37.7. The van der Waals surface area contributed by atoms with Gasteiger partial charge in [0, 0.05) is 60.5 Å². The summed E-state index contributed by atoms with van der Waals surface area (Å²) in [6.45, 7) is 14.3. The summed E-state index contributed by atoms with van der Waals surface area (Å²) in [6, 6.07) is 31.9. The number of hydrogen-bond donors (Lipinski definition) is 4. The number of hydroxylamine groups is 2. The summed E-state index contributed by atoms with van der Waals surface area (Å²) < 4.78 is 6.25. The summed E-state index contributed by atoms with van der Waals surface area (Å²) in [6.07, 6.45) is 4.04. The molecule has 1 saturated heterocycles. The van der Waals surface area contributed by atoms with Crippen molar-refractivity contribution in [3.8, 4) is 16.9 Å². The van der Waals surface area contributed by atoms with Crippen LogP contribution in [0.5, 0.6) is 5.75 Å². The summed E-state index contributed by atoms with van der Waals surface area (Å²) in [5.74, 6) is 2.05. The second-order valence-corrected chi connectivity index (χ2v) is 20.1. The Bertz CT molecular complexity index is 2180. The highest BCUT2D eigenvalue weighted by molar-refractivity contribution is 5.97. The first kappa shape index (κ1) is 47.2. The fourth-order valence-corrected chi connectivity index (χ4v) is 11.2. The molecule has 4 aromatic carbocycles. The highest BCUT2D eigenvalue weighted by atomic mass is 16.7. The van der Waals surface area contributed by atoms with Crippen LogP contribution in [0.3, 0.4) is 0 Å². The van der Waals surface area contributed by atoms with Crippen molar-refractivity contribution in [3.05, 3.63) is 119 Å². The van der Waals surface area contributed by atoms with Gasteiger partial charge in [-0.2, -0.15) is 5.06 Å². The van der Waals surface area contributed by atoms with Gasteiger partial charge in [-0.3, -0.25) is 14.4 Å². The van der Waals surface area contributed by atoms with Crippen LogP contribution in [0.4, 0.5) is 5.69 Å². The molecular formula is C54H73N5O5. The predicted molar refractivity (Wildman–Crippen MR) is 257 cm³/mol. The SMILES string of the molecule is COc1c(CN2O[C@@H](CO)C(C(C)NCCc3ccccc3)[C@H]2C(=O)N[C@H]2C[C@@H]3C[C@H]([C@@H]2C)C3(C)C)cccc1-c1cc(C(=O)N[C@@H](Cc2ccccc2)CC(C)C)cc(N(C)C)c1. The first-order valence-electron chi connectivity index (χ1n) is 23.6. The van der Waals surface area contributed by atoms with Crippen molar-refractivity contribution in [1.82, 2.24) is 21.0 Å². The van der Waals surface area contributed by atoms with Gasteiger partial charge in [0.2, 0.25) is 5.91 Å². The molecule has 4 N–H and O–H groups in total. The molecule has 3 aliphatic carbocycles. The van der Waals surface area contributed by atoms with E-state index in [0.29, 0.717) is 40.4 Å². The van der Waals surface area contributed by atoms with Crippen LogP contribution >= 0.6 is 0 Å². The van der Waals surface area contributed by atoms with Gasteiger partial charge in [-0.15, -0.1) is 0 Å². The molecule has 2 amide bonds. The number of hydrogen-bond acceptors (Lipinski definition) is 8. The van der Waals surface area contributed by atoms with E-state index in [-0.39, 0.29) is 49.0 Å². The van der Waals surface area contributed by atoms with E-state index >= 15 is 0 Å². The Kier molecular flexibility index (Phi) is 15.2. The lowest BCUT2D eigenvalue weighted by Gasteiger charge is -2.62. The Hall–Kier alpha value is -4.74. The molecule has 4 fully saturated rings. The van der Waals surface area contributed by atoms with Gasteiger partial charge >= 0.3 is 0 Å². The summed E-state index contributed by atoms with van der Waals surface area (Å²) in [5, 5.41) is 23.3. The van der Waals surface area contributed by atoms with Crippen molar-refractivity contribution in [1.29, 1.82) is 0 Å². The number of anilines is 1. The fraction of sp³-hybridized carbons (Fsp3) is 0.519. The minimum Gasteiger partial charge on any atom is -0.496 e. The van der Waals surface area contributed by atoms with Crippen molar-refractivity contribution < 1.29 is 24.3 Å². The molecule has 1 aliphatic heterocycles. The minimum atomic E-state index is -0.676. The fourth-order valence-electron chi connectivity index (χ4n) is 11.2. The number of benzene rings is 4. The maximum absolute atomic E-state index is 14.9. The number of carbonyl (C=O) groups excluding carboxylic acids is 2. The zero-order valence-corrected chi connectivity index (χ0v) is 39.6. The summed E-state index contributed by atoms with van der Waals surface area (Å²) >= 11 is 0. The van der Waals surface area contributed by atoms with E-state index in [4.69, 9.17) is 9.57 Å². The molecule has 2 bridgehead atoms. The number of nitrogens with zero attached hydrogens (tertiary/aromatic N) is 2. The molecular weight excluding hydrogens is 799 g/mol. The minimum absolute atomic E-state index is 0.0305. The average molecular weight is 872 g/mol. The number of aliphatic hydroxyl groups is 1. The third-order valence-corrected chi connectivity index (χ3v) is 14.9. The second kappa shape index (κ2) is 20.6. The van der Waals surface area contributed by atoms with Crippen LogP contribution < -0.4 is 25.6 Å². The maximum Gasteiger partial charge on any atom is 0.251 e. The lowest BCUT2D eigenvalue weighted by atomic mass is 9.45. The third kappa shape index (κ3) is 10.5. The van der Waals surface area contributed by atoms with Crippen molar-refractivity contribution in [2.75, 3.05) is 39.3 Å². The van der Waals surface area contributed by atoms with Crippen LogP contribution in [0.15, 0.2) is 97.1 Å². The van der Waals surface area contributed by atoms with Crippen LogP contribution in [-0.4, -0.2) is 86.6 Å². The van der Waals surface area contributed by atoms with E-state index in [1.807, 2.05) is 73.6 Å². The number of methoxy groups -OCH3 is 1. The van der Waals surface area contributed by atoms with Crippen molar-refractivity contribution in [3.63, 3.8) is 0 Å². The Morgan fingerprint density at radius 2 is 1.64 bits per heavy atom. The Morgan fingerprint density at radius 1 is 0.938 bits per heavy atom. The lowest BCUT2D eigenvalue weighted by molar-refractivity contribution is -0.183. The molecule has 64 heavy (non-hydrogen) atoms. The van der Waals surface area contributed by atoms with Crippen LogP contribution in [0, 0.1) is 35.0 Å². The third-order valence-electron chi connectivity index (χ3n) is 14.9. The number of para-hydroxylation sites is 1. The van der Waals surface area contributed by atoms with E-state index in [0.717, 1.165) is 54.6 Å². The largest absolute Gasteiger partial charge is 0.496 e. The number of fused-ring (bicyclic) bond motifs is 2. The van der Waals surface area contributed by atoms with Gasteiger partial charge < -0.3 is 30.7 Å². The van der Waals surface area contributed by atoms with E-state index in [1.54, 1.807) is 12.2 Å². The smallest absolute Gasteiger partial charge is 0.251 e. The number of carbonyl (C=O) groups is 2. The molecule has 4 aromatic rings. The molecule has 10 nitrogen and oxygen atoms in total. The van der Waals surface area contributed by atoms with Gasteiger partial charge in [-0.25, -0.2) is 0 Å². The number of aliphatic hydroxyl groups excluding tert-OH is 1. The number of ether oxygens (including phenoxy) is 1. The quantitative estimate of drug-likeness (QED) is 0.0745. The average Bonchev–Trinajstić information content (AvgIpc) is 3.65. The monoisotopic (exact) mass is 872 g/mol. The molecule has 3 saturated carbocycles. The van der Waals surface area contributed by atoms with Gasteiger partial charge in [0.15, 0.2) is 0 Å². The highest BCUT2D eigenvalue weighted by Gasteiger charge is 2.57. The zero-order valence-electron chi connectivity index (χ0n) is 39.6. The standard InChI is InChI=1S/C54H73N5O5/c1-34(2)25-43(26-38-19-14-11-15-20-38)56-52(61)41-27-40(28-44(29-41)58(7)8)45-22-16-21-39(51(45)63-9)32-59-50(53(62)57-47-31-42-30-46(35(47)3)54(42,5)6)49(48(33-60)64-59)36(4)55-24-23-37-17-12-10-13-18-37/h10-22,27-29,34-36,42-43,46-50,55,60H,23-26,30-33H2,1-9H3,(H,56,61)(H,57,62)/t35-,36?,42-,43+,46+,47-,48-,49?,50-/m0/s1. The first-order valence-corrected chi connectivity index (χ1v) is 23.6. The molecule has 2 unspecified atom stereocenters. The highest BCUT2D eigenvalue weighted by Crippen LogP contribution is 2.61. The molecule has 10 heteroatoms. The molecule has 1 heterocycles. The van der Waals surface area contributed by atoms with Crippen molar-refractivity contribution >= 4 is 17.5 Å². The van der Waals surface area contributed by atoms with Gasteiger partial charge in [-0.1, -0.05) is 113 Å². The maximum atomic E-state index is 14.9. The predicted octanol–water partition coefficient (Wildman–Crippen LogP) is 8.32. The van der Waals surface area contributed by atoms with Crippen LogP contribution in [0.2, 0.25) is 0 Å². The molecule has 9 atom stereocenters. The van der Waals surface area contributed by atoms with Gasteiger partial charge in [0.05, 0.1) is 20.3 Å². The Morgan fingerprint density at radius 3 is 2.27 bits per heavy atom. The van der Waals surface area contributed by atoms with Gasteiger partial charge in [0.1, 0.15) is 17.9 Å². The number of rotatable bonds is 19. The van der Waals surface area contributed by atoms with Crippen LogP contribution in [0.25, 0.3) is 11.1 Å². The van der Waals surface area contributed by atoms with Gasteiger partial charge in [0.25, 0.3) is 5.91 Å². The number of nitrogens with one attached hydrogen (secondary N) is 3. The van der Waals surface area contributed by atoms with Crippen molar-refractivity contribution in [2.24, 2.45) is 35.0 Å².